The molecule has 34 heavy (non-hydrogen) atoms. The Morgan fingerprint density at radius 3 is 2.50 bits per heavy atom. The molecular weight excluding hydrogens is 451 g/mol. The van der Waals surface area contributed by atoms with Gasteiger partial charge in [-0.3, -0.25) is 0 Å². The fourth-order valence-electron chi connectivity index (χ4n) is 4.94. The van der Waals surface area contributed by atoms with Crippen LogP contribution in [-0.4, -0.2) is 30.1 Å². The zero-order chi connectivity index (χ0) is 23.7. The highest BCUT2D eigenvalue weighted by molar-refractivity contribution is 7.12. The molecule has 1 N–H and O–H groups in total. The van der Waals surface area contributed by atoms with Gasteiger partial charge in [-0.1, -0.05) is 12.1 Å². The van der Waals surface area contributed by atoms with Crippen molar-refractivity contribution in [1.82, 2.24) is 4.90 Å². The van der Waals surface area contributed by atoms with Crippen molar-refractivity contribution in [3.05, 3.63) is 86.4 Å². The van der Waals surface area contributed by atoms with E-state index in [9.17, 15) is 14.0 Å². The van der Waals surface area contributed by atoms with Gasteiger partial charge < -0.3 is 15.0 Å². The van der Waals surface area contributed by atoms with Crippen LogP contribution in [0.15, 0.2) is 48.5 Å². The largest absolute Gasteiger partial charge is 0.462 e. The van der Waals surface area contributed by atoms with E-state index >= 15 is 0 Å². The van der Waals surface area contributed by atoms with Gasteiger partial charge in [0.2, 0.25) is 0 Å². The van der Waals surface area contributed by atoms with Crippen molar-refractivity contribution < 1.29 is 18.7 Å². The van der Waals surface area contributed by atoms with Gasteiger partial charge in [-0.15, -0.1) is 11.3 Å². The van der Waals surface area contributed by atoms with Crippen molar-refractivity contribution in [2.75, 3.05) is 18.5 Å². The van der Waals surface area contributed by atoms with E-state index in [4.69, 9.17) is 4.74 Å². The standard InChI is InChI=1S/C27H27FN2O3S/c1-2-33-26(31)18-9-13-20(14-10-18)29-27(32)30-16-15-22-21-5-3-4-6-23(21)34-25(22)24(30)17-7-11-19(28)12-8-17/h7-14,24H,2-6,15-16H2,1H3,(H,29,32)/t24-/m0/s1. The summed E-state index contributed by atoms with van der Waals surface area (Å²) in [5, 5.41) is 2.98. The maximum absolute atomic E-state index is 13.7. The molecule has 0 saturated carbocycles. The van der Waals surface area contributed by atoms with Gasteiger partial charge >= 0.3 is 12.0 Å². The lowest BCUT2D eigenvalue weighted by Crippen LogP contribution is -2.42. The molecular formula is C27H27FN2O3S. The van der Waals surface area contributed by atoms with Crippen molar-refractivity contribution in [1.29, 1.82) is 0 Å². The third-order valence-electron chi connectivity index (χ3n) is 6.57. The van der Waals surface area contributed by atoms with Crippen LogP contribution in [0.25, 0.3) is 0 Å². The van der Waals surface area contributed by atoms with Gasteiger partial charge in [0.25, 0.3) is 0 Å². The van der Waals surface area contributed by atoms with Crippen LogP contribution < -0.4 is 5.32 Å². The number of ether oxygens (including phenoxy) is 1. The zero-order valence-electron chi connectivity index (χ0n) is 19.1. The number of rotatable bonds is 4. The van der Waals surface area contributed by atoms with Gasteiger partial charge in [0, 0.05) is 22.0 Å². The number of carbonyl (C=O) groups excluding carboxylic acids is 2. The van der Waals surface area contributed by atoms with Gasteiger partial charge in [-0.25, -0.2) is 14.0 Å². The second kappa shape index (κ2) is 9.58. The van der Waals surface area contributed by atoms with Crippen molar-refractivity contribution >= 4 is 29.0 Å². The summed E-state index contributed by atoms with van der Waals surface area (Å²) >= 11 is 1.82. The average molecular weight is 479 g/mol. The number of hydrogen-bond acceptors (Lipinski definition) is 4. The Morgan fingerprint density at radius 2 is 1.76 bits per heavy atom. The van der Waals surface area contributed by atoms with Crippen molar-refractivity contribution in [2.45, 2.75) is 45.1 Å². The summed E-state index contributed by atoms with van der Waals surface area (Å²) in [7, 11) is 0. The third-order valence-corrected chi connectivity index (χ3v) is 7.96. The Hall–Kier alpha value is -3.19. The zero-order valence-corrected chi connectivity index (χ0v) is 19.9. The van der Waals surface area contributed by atoms with Crippen LogP contribution in [0.2, 0.25) is 0 Å². The molecule has 3 aromatic rings. The molecule has 5 nitrogen and oxygen atoms in total. The minimum absolute atomic E-state index is 0.213. The normalized spacial score (nSPS) is 17.0. The maximum atomic E-state index is 13.7. The molecule has 1 atom stereocenters. The predicted octanol–water partition coefficient (Wildman–Crippen LogP) is 6.12. The number of carbonyl (C=O) groups is 2. The van der Waals surface area contributed by atoms with Crippen LogP contribution in [-0.2, 0) is 24.0 Å². The molecule has 0 bridgehead atoms. The van der Waals surface area contributed by atoms with Crippen molar-refractivity contribution in [2.24, 2.45) is 0 Å². The van der Waals surface area contributed by atoms with E-state index in [1.54, 1.807) is 43.3 Å². The third kappa shape index (κ3) is 4.32. The molecule has 2 aliphatic rings. The number of thiophene rings is 1. The van der Waals surface area contributed by atoms with Crippen LogP contribution in [0.3, 0.4) is 0 Å². The molecule has 0 radical (unpaired) electrons. The SMILES string of the molecule is CCOC(=O)c1ccc(NC(=O)N2CCc3c(sc4c3CCCC4)[C@@H]2c2ccc(F)cc2)cc1. The number of urea groups is 1. The van der Waals surface area contributed by atoms with E-state index in [2.05, 4.69) is 5.32 Å². The van der Waals surface area contributed by atoms with Crippen LogP contribution >= 0.6 is 11.3 Å². The van der Waals surface area contributed by atoms with E-state index in [-0.39, 0.29) is 23.9 Å². The monoisotopic (exact) mass is 478 g/mol. The minimum Gasteiger partial charge on any atom is -0.462 e. The first-order valence-corrected chi connectivity index (χ1v) is 12.6. The lowest BCUT2D eigenvalue weighted by Gasteiger charge is -2.36. The molecule has 2 amide bonds. The van der Waals surface area contributed by atoms with Crippen LogP contribution in [0.5, 0.6) is 0 Å². The summed E-state index contributed by atoms with van der Waals surface area (Å²) in [5.41, 5.74) is 4.82. The highest BCUT2D eigenvalue weighted by Gasteiger charge is 2.36. The molecule has 2 heterocycles. The number of halogens is 1. The van der Waals surface area contributed by atoms with Crippen LogP contribution in [0.1, 0.15) is 62.6 Å². The Balaban J connectivity index is 1.44. The second-order valence-corrected chi connectivity index (χ2v) is 9.82. The molecule has 1 aliphatic heterocycles. The molecule has 0 fully saturated rings. The Labute approximate surface area is 202 Å². The molecule has 1 aliphatic carbocycles. The number of fused-ring (bicyclic) bond motifs is 3. The second-order valence-electron chi connectivity index (χ2n) is 8.68. The predicted molar refractivity (Wildman–Crippen MR) is 131 cm³/mol. The average Bonchev–Trinajstić information content (AvgIpc) is 3.23. The molecule has 0 spiro atoms. The fraction of sp³-hybridized carbons (Fsp3) is 0.333. The summed E-state index contributed by atoms with van der Waals surface area (Å²) < 4.78 is 18.7. The van der Waals surface area contributed by atoms with Gasteiger partial charge in [0.15, 0.2) is 0 Å². The highest BCUT2D eigenvalue weighted by atomic mass is 32.1. The van der Waals surface area contributed by atoms with E-state index in [1.165, 1.54) is 45.9 Å². The lowest BCUT2D eigenvalue weighted by molar-refractivity contribution is 0.0526. The van der Waals surface area contributed by atoms with Crippen LogP contribution in [0.4, 0.5) is 14.9 Å². The van der Waals surface area contributed by atoms with E-state index < -0.39 is 0 Å². The van der Waals surface area contributed by atoms with Gasteiger partial charge in [0.05, 0.1) is 18.2 Å². The molecule has 0 unspecified atom stereocenters. The van der Waals surface area contributed by atoms with Gasteiger partial charge in [-0.2, -0.15) is 0 Å². The quantitative estimate of drug-likeness (QED) is 0.460. The summed E-state index contributed by atoms with van der Waals surface area (Å²) in [6, 6.07) is 12.7. The molecule has 7 heteroatoms. The summed E-state index contributed by atoms with van der Waals surface area (Å²) in [5.74, 6) is -0.676. The number of anilines is 1. The molecule has 0 saturated heterocycles. The first kappa shape index (κ1) is 22.6. The number of esters is 1. The highest BCUT2D eigenvalue weighted by Crippen LogP contribution is 2.45. The van der Waals surface area contributed by atoms with Crippen LogP contribution in [0, 0.1) is 5.82 Å². The van der Waals surface area contributed by atoms with Crippen molar-refractivity contribution in [3.63, 3.8) is 0 Å². The first-order valence-electron chi connectivity index (χ1n) is 11.8. The number of aryl methyl sites for hydroxylation is 1. The van der Waals surface area contributed by atoms with E-state index in [0.717, 1.165) is 24.8 Å². The Bertz CT molecular complexity index is 1200. The lowest BCUT2D eigenvalue weighted by atomic mass is 9.88. The molecule has 5 rings (SSSR count). The Morgan fingerprint density at radius 1 is 1.03 bits per heavy atom. The summed E-state index contributed by atoms with van der Waals surface area (Å²) in [4.78, 5) is 29.8. The minimum atomic E-state index is -0.387. The van der Waals surface area contributed by atoms with Crippen molar-refractivity contribution in [3.8, 4) is 0 Å². The number of amides is 2. The number of benzene rings is 2. The Kier molecular flexibility index (Phi) is 6.37. The topological polar surface area (TPSA) is 58.6 Å². The summed E-state index contributed by atoms with van der Waals surface area (Å²) in [6.07, 6.45) is 5.45. The van der Waals surface area contributed by atoms with Gasteiger partial charge in [0.1, 0.15) is 5.82 Å². The van der Waals surface area contributed by atoms with E-state index in [0.29, 0.717) is 24.4 Å². The molecule has 176 valence electrons. The molecule has 1 aromatic heterocycles. The van der Waals surface area contributed by atoms with Gasteiger partial charge in [-0.05, 0) is 92.1 Å². The fourth-order valence-corrected chi connectivity index (χ4v) is 6.53. The number of nitrogens with one attached hydrogen (secondary N) is 1. The smallest absolute Gasteiger partial charge is 0.338 e. The number of nitrogens with zero attached hydrogens (tertiary/aromatic N) is 1. The van der Waals surface area contributed by atoms with E-state index in [1.807, 2.05) is 16.2 Å². The number of hydrogen-bond donors (Lipinski definition) is 1. The first-order chi connectivity index (χ1) is 16.5. The maximum Gasteiger partial charge on any atom is 0.338 e. The molecule has 2 aromatic carbocycles. The summed E-state index contributed by atoms with van der Waals surface area (Å²) in [6.45, 7) is 2.66.